The van der Waals surface area contributed by atoms with E-state index in [1.807, 2.05) is 30.3 Å². The zero-order chi connectivity index (χ0) is 13.7. The molecule has 20 heavy (non-hydrogen) atoms. The molecule has 0 radical (unpaired) electrons. The highest BCUT2D eigenvalue weighted by Crippen LogP contribution is 2.61. The van der Waals surface area contributed by atoms with Crippen molar-refractivity contribution in [2.24, 2.45) is 11.8 Å². The monoisotopic (exact) mass is 270 g/mol. The molecule has 4 rings (SSSR count). The van der Waals surface area contributed by atoms with Gasteiger partial charge in [-0.15, -0.1) is 0 Å². The number of nitrogens with zero attached hydrogens (tertiary/aromatic N) is 1. The number of carboxylic acid groups (broad SMARTS) is 1. The molecule has 5 heteroatoms. The fraction of sp³-hybridized carbons (Fsp3) is 0.333. The SMILES string of the molecule is O=C(O)c1n[nH]c2c1C[C@@H]1C(COc3ccccc3)[C@H]21. The van der Waals surface area contributed by atoms with Crippen molar-refractivity contribution in [3.8, 4) is 5.75 Å². The van der Waals surface area contributed by atoms with E-state index in [9.17, 15) is 4.79 Å². The lowest BCUT2D eigenvalue weighted by atomic mass is 10.1. The van der Waals surface area contributed by atoms with Gasteiger partial charge in [0.2, 0.25) is 0 Å². The van der Waals surface area contributed by atoms with Crippen LogP contribution in [0.15, 0.2) is 30.3 Å². The van der Waals surface area contributed by atoms with Crippen molar-refractivity contribution in [1.82, 2.24) is 10.2 Å². The minimum atomic E-state index is -0.944. The molecule has 5 nitrogen and oxygen atoms in total. The minimum absolute atomic E-state index is 0.190. The first-order chi connectivity index (χ1) is 9.75. The minimum Gasteiger partial charge on any atom is -0.493 e. The first kappa shape index (κ1) is 11.5. The fourth-order valence-electron chi connectivity index (χ4n) is 3.36. The second-order valence-electron chi connectivity index (χ2n) is 5.45. The van der Waals surface area contributed by atoms with Gasteiger partial charge in [-0.1, -0.05) is 18.2 Å². The number of para-hydroxylation sites is 1. The van der Waals surface area contributed by atoms with Gasteiger partial charge in [0.25, 0.3) is 0 Å². The van der Waals surface area contributed by atoms with Crippen molar-refractivity contribution in [2.75, 3.05) is 6.61 Å². The third-order valence-electron chi connectivity index (χ3n) is 4.39. The predicted octanol–water partition coefficient (Wildman–Crippen LogP) is 2.07. The Labute approximate surface area is 115 Å². The summed E-state index contributed by atoms with van der Waals surface area (Å²) in [7, 11) is 0. The summed E-state index contributed by atoms with van der Waals surface area (Å²) in [5.41, 5.74) is 2.09. The van der Waals surface area contributed by atoms with Crippen LogP contribution in [-0.4, -0.2) is 27.9 Å². The maximum Gasteiger partial charge on any atom is 0.356 e. The summed E-state index contributed by atoms with van der Waals surface area (Å²) < 4.78 is 5.78. The molecule has 1 aromatic carbocycles. The Balaban J connectivity index is 1.45. The van der Waals surface area contributed by atoms with Gasteiger partial charge in [-0.05, 0) is 24.5 Å². The maximum atomic E-state index is 11.0. The van der Waals surface area contributed by atoms with Crippen LogP contribution in [0.3, 0.4) is 0 Å². The van der Waals surface area contributed by atoms with Gasteiger partial charge < -0.3 is 9.84 Å². The highest BCUT2D eigenvalue weighted by atomic mass is 16.5. The van der Waals surface area contributed by atoms with Crippen molar-refractivity contribution >= 4 is 5.97 Å². The molecule has 2 aliphatic rings. The molecule has 1 fully saturated rings. The van der Waals surface area contributed by atoms with E-state index in [4.69, 9.17) is 9.84 Å². The first-order valence-corrected chi connectivity index (χ1v) is 6.74. The molecule has 3 atom stereocenters. The van der Waals surface area contributed by atoms with Gasteiger partial charge in [-0.25, -0.2) is 4.79 Å². The van der Waals surface area contributed by atoms with Gasteiger partial charge in [-0.3, -0.25) is 5.10 Å². The van der Waals surface area contributed by atoms with Crippen molar-refractivity contribution < 1.29 is 14.6 Å². The lowest BCUT2D eigenvalue weighted by Gasteiger charge is -2.07. The summed E-state index contributed by atoms with van der Waals surface area (Å²) in [4.78, 5) is 11.0. The number of nitrogens with one attached hydrogen (secondary N) is 1. The van der Waals surface area contributed by atoms with E-state index >= 15 is 0 Å². The van der Waals surface area contributed by atoms with E-state index in [1.54, 1.807) is 0 Å². The molecule has 2 N–H and O–H groups in total. The van der Waals surface area contributed by atoms with Crippen molar-refractivity contribution in [1.29, 1.82) is 0 Å². The van der Waals surface area contributed by atoms with E-state index in [-0.39, 0.29) is 5.69 Å². The lowest BCUT2D eigenvalue weighted by Crippen LogP contribution is -2.06. The van der Waals surface area contributed by atoms with Crippen LogP contribution in [0.5, 0.6) is 5.75 Å². The predicted molar refractivity (Wildman–Crippen MR) is 70.9 cm³/mol. The molecule has 1 saturated carbocycles. The van der Waals surface area contributed by atoms with E-state index in [2.05, 4.69) is 10.2 Å². The van der Waals surface area contributed by atoms with E-state index < -0.39 is 5.97 Å². The molecule has 0 amide bonds. The average molecular weight is 270 g/mol. The Hall–Kier alpha value is -2.30. The molecule has 0 saturated heterocycles. The van der Waals surface area contributed by atoms with Gasteiger partial charge in [0.15, 0.2) is 5.69 Å². The smallest absolute Gasteiger partial charge is 0.356 e. The van der Waals surface area contributed by atoms with Gasteiger partial charge in [0, 0.05) is 23.1 Å². The van der Waals surface area contributed by atoms with E-state index in [0.29, 0.717) is 24.4 Å². The van der Waals surface area contributed by atoms with Crippen molar-refractivity contribution in [2.45, 2.75) is 12.3 Å². The fourth-order valence-corrected chi connectivity index (χ4v) is 3.36. The number of hydrogen-bond acceptors (Lipinski definition) is 3. The molecule has 102 valence electrons. The first-order valence-electron chi connectivity index (χ1n) is 6.74. The molecule has 2 aromatic rings. The normalized spacial score (nSPS) is 25.9. The van der Waals surface area contributed by atoms with E-state index in [1.165, 1.54) is 0 Å². The molecule has 0 aliphatic heterocycles. The van der Waals surface area contributed by atoms with Crippen LogP contribution >= 0.6 is 0 Å². The number of carbonyl (C=O) groups is 1. The maximum absolute atomic E-state index is 11.0. The van der Waals surface area contributed by atoms with Crippen LogP contribution in [0.1, 0.15) is 27.7 Å². The van der Waals surface area contributed by atoms with Crippen LogP contribution in [-0.2, 0) is 6.42 Å². The number of fused-ring (bicyclic) bond motifs is 3. The number of aromatic amines is 1. The number of aromatic carboxylic acids is 1. The van der Waals surface area contributed by atoms with Crippen molar-refractivity contribution in [3.05, 3.63) is 47.3 Å². The number of ether oxygens (including phenoxy) is 1. The zero-order valence-corrected chi connectivity index (χ0v) is 10.7. The zero-order valence-electron chi connectivity index (χ0n) is 10.7. The summed E-state index contributed by atoms with van der Waals surface area (Å²) in [6, 6.07) is 9.76. The average Bonchev–Trinajstić information content (AvgIpc) is 2.81. The number of benzene rings is 1. The van der Waals surface area contributed by atoms with Crippen molar-refractivity contribution in [3.63, 3.8) is 0 Å². The Morgan fingerprint density at radius 3 is 2.95 bits per heavy atom. The summed E-state index contributed by atoms with van der Waals surface area (Å²) in [6.07, 6.45) is 0.806. The second-order valence-corrected chi connectivity index (χ2v) is 5.45. The summed E-state index contributed by atoms with van der Waals surface area (Å²) in [5, 5.41) is 15.9. The topological polar surface area (TPSA) is 75.2 Å². The van der Waals surface area contributed by atoms with Crippen LogP contribution < -0.4 is 4.74 Å². The molecule has 1 aromatic heterocycles. The highest BCUT2D eigenvalue weighted by Gasteiger charge is 2.58. The Bertz CT molecular complexity index is 665. The molecule has 0 spiro atoms. The number of aromatic nitrogens is 2. The van der Waals surface area contributed by atoms with Gasteiger partial charge in [-0.2, -0.15) is 5.10 Å². The van der Waals surface area contributed by atoms with Gasteiger partial charge >= 0.3 is 5.97 Å². The Morgan fingerprint density at radius 2 is 2.20 bits per heavy atom. The summed E-state index contributed by atoms with van der Waals surface area (Å²) in [6.45, 7) is 0.681. The third-order valence-corrected chi connectivity index (χ3v) is 4.39. The highest BCUT2D eigenvalue weighted by molar-refractivity contribution is 5.87. The number of hydrogen-bond donors (Lipinski definition) is 2. The van der Waals surface area contributed by atoms with Crippen LogP contribution in [0, 0.1) is 11.8 Å². The number of rotatable bonds is 4. The van der Waals surface area contributed by atoms with Crippen LogP contribution in [0.25, 0.3) is 0 Å². The molecule has 0 bridgehead atoms. The van der Waals surface area contributed by atoms with Gasteiger partial charge in [0.05, 0.1) is 6.61 Å². The largest absolute Gasteiger partial charge is 0.493 e. The Kier molecular flexibility index (Phi) is 2.36. The lowest BCUT2D eigenvalue weighted by molar-refractivity contribution is 0.0689. The van der Waals surface area contributed by atoms with Crippen LogP contribution in [0.2, 0.25) is 0 Å². The number of carboxylic acids is 1. The molecular weight excluding hydrogens is 256 g/mol. The molecular formula is C15H14N2O3. The standard InChI is InChI=1S/C15H14N2O3/c18-15(19)14-10-6-9-11(12(9)13(10)16-17-14)7-20-8-4-2-1-3-5-8/h1-5,9,11-12H,6-7H2,(H,16,17)(H,18,19)/t9-,11?,12-/m1/s1. The second kappa shape index (κ2) is 4.10. The number of H-pyrrole nitrogens is 1. The molecule has 1 unspecified atom stereocenters. The third kappa shape index (κ3) is 1.62. The quantitative estimate of drug-likeness (QED) is 0.891. The Morgan fingerprint density at radius 1 is 1.40 bits per heavy atom. The van der Waals surface area contributed by atoms with Crippen LogP contribution in [0.4, 0.5) is 0 Å². The molecule has 2 aliphatic carbocycles. The summed E-state index contributed by atoms with van der Waals surface area (Å²) in [5.74, 6) is 1.33. The van der Waals surface area contributed by atoms with E-state index in [0.717, 1.165) is 23.4 Å². The summed E-state index contributed by atoms with van der Waals surface area (Å²) >= 11 is 0. The van der Waals surface area contributed by atoms with Gasteiger partial charge in [0.1, 0.15) is 5.75 Å². The molecule has 1 heterocycles.